The first-order valence-electron chi connectivity index (χ1n) is 15.8. The highest BCUT2D eigenvalue weighted by molar-refractivity contribution is 6.13. The van der Waals surface area contributed by atoms with E-state index in [1.807, 2.05) is 6.07 Å². The van der Waals surface area contributed by atoms with Gasteiger partial charge in [0.1, 0.15) is 11.2 Å². The summed E-state index contributed by atoms with van der Waals surface area (Å²) in [4.78, 5) is 10.5. The van der Waals surface area contributed by atoms with Crippen LogP contribution < -0.4 is 0 Å². The number of hydrogen-bond acceptors (Lipinski definition) is 3. The smallest absolute Gasteiger partial charge is 0.161 e. The van der Waals surface area contributed by atoms with Crippen molar-refractivity contribution in [2.75, 3.05) is 0 Å². The Morgan fingerprint density at radius 3 is 1.98 bits per heavy atom. The van der Waals surface area contributed by atoms with Crippen molar-refractivity contribution in [2.45, 2.75) is 19.3 Å². The third-order valence-electron chi connectivity index (χ3n) is 10.0. The minimum absolute atomic E-state index is 0.0638. The highest BCUT2D eigenvalue weighted by Gasteiger charge is 2.36. The lowest BCUT2D eigenvalue weighted by molar-refractivity contribution is 0.658. The predicted molar refractivity (Wildman–Crippen MR) is 190 cm³/mol. The number of para-hydroxylation sites is 1. The van der Waals surface area contributed by atoms with Crippen molar-refractivity contribution in [2.24, 2.45) is 0 Å². The van der Waals surface area contributed by atoms with Gasteiger partial charge < -0.3 is 4.42 Å². The van der Waals surface area contributed by atoms with E-state index >= 15 is 0 Å². The van der Waals surface area contributed by atoms with Gasteiger partial charge in [0.2, 0.25) is 0 Å². The zero-order valence-corrected chi connectivity index (χ0v) is 25.5. The molecule has 0 aliphatic heterocycles. The third-order valence-corrected chi connectivity index (χ3v) is 10.0. The molecule has 0 spiro atoms. The van der Waals surface area contributed by atoms with Gasteiger partial charge in [-0.15, -0.1) is 0 Å². The summed E-state index contributed by atoms with van der Waals surface area (Å²) >= 11 is 0. The van der Waals surface area contributed by atoms with Gasteiger partial charge in [0.25, 0.3) is 0 Å². The second-order valence-corrected chi connectivity index (χ2v) is 13.0. The molecule has 46 heavy (non-hydrogen) atoms. The summed E-state index contributed by atoms with van der Waals surface area (Å²) in [5.74, 6) is 0.726. The molecule has 3 heteroatoms. The fourth-order valence-corrected chi connectivity index (χ4v) is 7.78. The third kappa shape index (κ3) is 3.48. The summed E-state index contributed by atoms with van der Waals surface area (Å²) in [6, 6.07) is 47.4. The summed E-state index contributed by atoms with van der Waals surface area (Å²) < 4.78 is 6.62. The minimum atomic E-state index is -0.0638. The minimum Gasteiger partial charge on any atom is -0.456 e. The molecule has 9 aromatic rings. The molecule has 0 bridgehead atoms. The SMILES string of the molecule is CC1(C)c2ccccc2-c2cc3oc4cc(-c5nc(-c6c7ccccc7cc7ccccc67)nc6ccccc56)ccc4c3cc21. The zero-order valence-electron chi connectivity index (χ0n) is 25.5. The van der Waals surface area contributed by atoms with E-state index in [0.29, 0.717) is 0 Å². The molecule has 0 amide bonds. The first-order valence-corrected chi connectivity index (χ1v) is 15.8. The Morgan fingerprint density at radius 2 is 1.17 bits per heavy atom. The quantitative estimate of drug-likeness (QED) is 0.189. The Hall–Kier alpha value is -5.80. The van der Waals surface area contributed by atoms with Crippen LogP contribution in [0.3, 0.4) is 0 Å². The molecule has 1 aliphatic rings. The molecule has 0 atom stereocenters. The van der Waals surface area contributed by atoms with Crippen molar-refractivity contribution >= 4 is 54.4 Å². The Labute approximate surface area is 265 Å². The van der Waals surface area contributed by atoms with Gasteiger partial charge in [-0.3, -0.25) is 0 Å². The van der Waals surface area contributed by atoms with E-state index in [1.165, 1.54) is 33.0 Å². The predicted octanol–water partition coefficient (Wildman–Crippen LogP) is 11.5. The van der Waals surface area contributed by atoms with Crippen LogP contribution in [-0.2, 0) is 5.41 Å². The molecule has 0 saturated heterocycles. The van der Waals surface area contributed by atoms with Crippen molar-refractivity contribution in [3.05, 3.63) is 145 Å². The van der Waals surface area contributed by atoms with Gasteiger partial charge in [0, 0.05) is 32.7 Å². The van der Waals surface area contributed by atoms with Crippen LogP contribution in [0, 0.1) is 0 Å². The lowest BCUT2D eigenvalue weighted by atomic mass is 9.82. The topological polar surface area (TPSA) is 38.9 Å². The number of hydrogen-bond donors (Lipinski definition) is 0. The molecule has 3 nitrogen and oxygen atoms in total. The Kier molecular flexibility index (Phi) is 5.06. The average Bonchev–Trinajstić information content (AvgIpc) is 3.56. The molecule has 0 saturated carbocycles. The summed E-state index contributed by atoms with van der Waals surface area (Å²) in [5, 5.41) is 7.93. The molecule has 0 N–H and O–H groups in total. The van der Waals surface area contributed by atoms with Gasteiger partial charge >= 0.3 is 0 Å². The highest BCUT2D eigenvalue weighted by Crippen LogP contribution is 2.51. The Bertz CT molecular complexity index is 2680. The maximum Gasteiger partial charge on any atom is 0.161 e. The second-order valence-electron chi connectivity index (χ2n) is 13.0. The number of nitrogens with zero attached hydrogens (tertiary/aromatic N) is 2. The maximum absolute atomic E-state index is 6.62. The average molecular weight is 589 g/mol. The standard InChI is InChI=1S/C43H28N2O/c1-43(2)35-17-9-7-15-30(35)33-24-39-34(23-36(33)43)31-20-19-27(22-38(31)46-39)41-32-16-8-10-18-37(32)44-42(45-41)40-28-13-5-3-11-25(28)21-26-12-4-6-14-29(26)40/h3-24H,1-2H3. The van der Waals surface area contributed by atoms with Crippen LogP contribution in [0.5, 0.6) is 0 Å². The molecule has 7 aromatic carbocycles. The number of benzene rings is 7. The molecular formula is C43H28N2O. The van der Waals surface area contributed by atoms with Crippen molar-refractivity contribution in [3.63, 3.8) is 0 Å². The number of furan rings is 1. The highest BCUT2D eigenvalue weighted by atomic mass is 16.3. The van der Waals surface area contributed by atoms with Gasteiger partial charge in [-0.05, 0) is 80.2 Å². The Morgan fingerprint density at radius 1 is 0.500 bits per heavy atom. The number of aromatic nitrogens is 2. The molecule has 0 fully saturated rings. The second kappa shape index (κ2) is 9.12. The van der Waals surface area contributed by atoms with Crippen molar-refractivity contribution < 1.29 is 4.42 Å². The van der Waals surface area contributed by atoms with E-state index in [1.54, 1.807) is 0 Å². The van der Waals surface area contributed by atoms with Crippen LogP contribution in [0.25, 0.3) is 88.2 Å². The van der Waals surface area contributed by atoms with Gasteiger partial charge in [-0.25, -0.2) is 9.97 Å². The number of rotatable bonds is 2. The van der Waals surface area contributed by atoms with Crippen LogP contribution in [0.1, 0.15) is 25.0 Å². The molecule has 1 aliphatic carbocycles. The molecule has 0 unspecified atom stereocenters. The zero-order chi connectivity index (χ0) is 30.6. The maximum atomic E-state index is 6.62. The van der Waals surface area contributed by atoms with Crippen LogP contribution in [0.2, 0.25) is 0 Å². The van der Waals surface area contributed by atoms with Gasteiger partial charge in [-0.1, -0.05) is 111 Å². The fourth-order valence-electron chi connectivity index (χ4n) is 7.78. The van der Waals surface area contributed by atoms with Crippen LogP contribution in [0.15, 0.2) is 138 Å². The van der Waals surface area contributed by atoms with Crippen molar-refractivity contribution in [1.82, 2.24) is 9.97 Å². The summed E-state index contributed by atoms with van der Waals surface area (Å²) in [7, 11) is 0. The first kappa shape index (κ1) is 25.5. The van der Waals surface area contributed by atoms with E-state index in [4.69, 9.17) is 14.4 Å². The van der Waals surface area contributed by atoms with E-state index in [-0.39, 0.29) is 5.41 Å². The largest absolute Gasteiger partial charge is 0.456 e. The van der Waals surface area contributed by atoms with E-state index in [9.17, 15) is 0 Å². The lowest BCUT2D eigenvalue weighted by Crippen LogP contribution is -2.14. The molecule has 10 rings (SSSR count). The van der Waals surface area contributed by atoms with Gasteiger partial charge in [-0.2, -0.15) is 0 Å². The number of fused-ring (bicyclic) bond motifs is 9. The van der Waals surface area contributed by atoms with Gasteiger partial charge in [0.05, 0.1) is 11.2 Å². The summed E-state index contributed by atoms with van der Waals surface area (Å²) in [6.45, 7) is 4.64. The van der Waals surface area contributed by atoms with E-state index < -0.39 is 0 Å². The van der Waals surface area contributed by atoms with Crippen molar-refractivity contribution in [3.8, 4) is 33.8 Å². The fraction of sp³-hybridized carbons (Fsp3) is 0.0698. The summed E-state index contributed by atoms with van der Waals surface area (Å²) in [6.07, 6.45) is 0. The molecule has 2 heterocycles. The molecule has 2 aromatic heterocycles. The van der Waals surface area contributed by atoms with Crippen molar-refractivity contribution in [1.29, 1.82) is 0 Å². The monoisotopic (exact) mass is 588 g/mol. The van der Waals surface area contributed by atoms with Gasteiger partial charge in [0.15, 0.2) is 5.82 Å². The Balaban J connectivity index is 1.21. The van der Waals surface area contributed by atoms with Crippen LogP contribution in [0.4, 0.5) is 0 Å². The van der Waals surface area contributed by atoms with E-state index in [0.717, 1.165) is 66.3 Å². The molecule has 0 radical (unpaired) electrons. The lowest BCUT2D eigenvalue weighted by Gasteiger charge is -2.21. The van der Waals surface area contributed by atoms with Crippen LogP contribution in [-0.4, -0.2) is 9.97 Å². The summed E-state index contributed by atoms with van der Waals surface area (Å²) in [5.41, 5.74) is 10.9. The van der Waals surface area contributed by atoms with E-state index in [2.05, 4.69) is 141 Å². The molecular weight excluding hydrogens is 560 g/mol. The first-order chi connectivity index (χ1) is 22.5. The molecule has 216 valence electrons. The normalized spacial score (nSPS) is 13.6. The van der Waals surface area contributed by atoms with Crippen LogP contribution >= 0.6 is 0 Å².